The van der Waals surface area contributed by atoms with Crippen molar-refractivity contribution < 1.29 is 8.42 Å². The van der Waals surface area contributed by atoms with Crippen molar-refractivity contribution in [2.75, 3.05) is 12.4 Å². The summed E-state index contributed by atoms with van der Waals surface area (Å²) in [6.07, 6.45) is 0. The van der Waals surface area contributed by atoms with E-state index in [4.69, 9.17) is 0 Å². The van der Waals surface area contributed by atoms with Crippen molar-refractivity contribution in [3.05, 3.63) is 60.4 Å². The quantitative estimate of drug-likeness (QED) is 0.750. The number of para-hydroxylation sites is 1. The number of hydrogen-bond donors (Lipinski definition) is 2. The normalized spacial score (nSPS) is 11.5. The van der Waals surface area contributed by atoms with E-state index >= 15 is 0 Å². The van der Waals surface area contributed by atoms with Gasteiger partial charge < -0.3 is 5.32 Å². The first-order chi connectivity index (χ1) is 11.1. The van der Waals surface area contributed by atoms with Crippen LogP contribution in [0.2, 0.25) is 0 Å². The number of nitrogens with one attached hydrogen (secondary N) is 2. The largest absolute Gasteiger partial charge is 0.373 e. The number of nitrogens with zero attached hydrogens (tertiary/aromatic N) is 2. The minimum atomic E-state index is -3.58. The third-order valence-corrected chi connectivity index (χ3v) is 4.78. The molecule has 0 spiro atoms. The Morgan fingerprint density at radius 3 is 2.39 bits per heavy atom. The lowest BCUT2D eigenvalue weighted by molar-refractivity contribution is 0.579. The lowest BCUT2D eigenvalue weighted by atomic mass is 10.2. The molecule has 2 aromatic carbocycles. The van der Waals surface area contributed by atoms with Crippen LogP contribution in [0.25, 0.3) is 10.9 Å². The average Bonchev–Trinajstić information content (AvgIpc) is 2.60. The molecule has 7 heteroatoms. The Morgan fingerprint density at radius 1 is 0.957 bits per heavy atom. The molecule has 2 N–H and O–H groups in total. The fourth-order valence-electron chi connectivity index (χ4n) is 2.24. The molecule has 1 heterocycles. The summed E-state index contributed by atoms with van der Waals surface area (Å²) in [5.41, 5.74) is 0.765. The van der Waals surface area contributed by atoms with E-state index in [0.29, 0.717) is 11.6 Å². The fraction of sp³-hybridized carbons (Fsp3) is 0.125. The van der Waals surface area contributed by atoms with Gasteiger partial charge in [0.2, 0.25) is 10.0 Å². The van der Waals surface area contributed by atoms with E-state index in [-0.39, 0.29) is 11.4 Å². The van der Waals surface area contributed by atoms with Gasteiger partial charge in [-0.15, -0.1) is 0 Å². The Bertz CT molecular complexity index is 927. The van der Waals surface area contributed by atoms with Crippen molar-refractivity contribution in [3.8, 4) is 0 Å². The van der Waals surface area contributed by atoms with Crippen molar-refractivity contribution in [2.24, 2.45) is 0 Å². The summed E-state index contributed by atoms with van der Waals surface area (Å²) < 4.78 is 27.0. The van der Waals surface area contributed by atoms with E-state index < -0.39 is 10.0 Å². The van der Waals surface area contributed by atoms with Gasteiger partial charge in [-0.2, -0.15) is 0 Å². The van der Waals surface area contributed by atoms with E-state index in [2.05, 4.69) is 20.0 Å². The molecule has 3 aromatic rings. The summed E-state index contributed by atoms with van der Waals surface area (Å²) in [7, 11) is -1.81. The molecule has 0 aliphatic heterocycles. The SMILES string of the molecule is CNc1nc(CNS(=O)(=O)c2ccccc2)nc2ccccc12. The van der Waals surface area contributed by atoms with E-state index in [9.17, 15) is 8.42 Å². The molecule has 0 bridgehead atoms. The minimum absolute atomic E-state index is 0.0245. The monoisotopic (exact) mass is 328 g/mol. The van der Waals surface area contributed by atoms with E-state index in [0.717, 1.165) is 10.9 Å². The summed E-state index contributed by atoms with van der Waals surface area (Å²) in [6, 6.07) is 15.8. The maximum atomic E-state index is 12.2. The summed E-state index contributed by atoms with van der Waals surface area (Å²) in [5.74, 6) is 1.08. The van der Waals surface area contributed by atoms with Gasteiger partial charge in [0.1, 0.15) is 11.6 Å². The summed E-state index contributed by atoms with van der Waals surface area (Å²) in [6.45, 7) is 0.0245. The van der Waals surface area contributed by atoms with E-state index in [1.54, 1.807) is 37.4 Å². The van der Waals surface area contributed by atoms with Gasteiger partial charge in [-0.25, -0.2) is 23.1 Å². The number of fused-ring (bicyclic) bond motifs is 1. The highest BCUT2D eigenvalue weighted by Gasteiger charge is 2.14. The van der Waals surface area contributed by atoms with Crippen LogP contribution < -0.4 is 10.0 Å². The molecule has 0 fully saturated rings. The third-order valence-electron chi connectivity index (χ3n) is 3.36. The fourth-order valence-corrected chi connectivity index (χ4v) is 3.24. The van der Waals surface area contributed by atoms with Crippen LogP contribution in [-0.2, 0) is 16.6 Å². The van der Waals surface area contributed by atoms with Gasteiger partial charge in [-0.3, -0.25) is 0 Å². The molecular weight excluding hydrogens is 312 g/mol. The molecule has 0 saturated carbocycles. The molecule has 0 unspecified atom stereocenters. The smallest absolute Gasteiger partial charge is 0.240 e. The highest BCUT2D eigenvalue weighted by atomic mass is 32.2. The predicted octanol–water partition coefficient (Wildman–Crippen LogP) is 2.15. The number of anilines is 1. The summed E-state index contributed by atoms with van der Waals surface area (Å²) >= 11 is 0. The molecule has 0 radical (unpaired) electrons. The van der Waals surface area contributed by atoms with Gasteiger partial charge in [0, 0.05) is 12.4 Å². The van der Waals surface area contributed by atoms with Gasteiger partial charge >= 0.3 is 0 Å². The Labute approximate surface area is 134 Å². The lowest BCUT2D eigenvalue weighted by Gasteiger charge is -2.09. The van der Waals surface area contributed by atoms with Crippen molar-refractivity contribution in [2.45, 2.75) is 11.4 Å². The van der Waals surface area contributed by atoms with Crippen LogP contribution in [-0.4, -0.2) is 25.4 Å². The maximum Gasteiger partial charge on any atom is 0.240 e. The van der Waals surface area contributed by atoms with Crippen molar-refractivity contribution in [1.82, 2.24) is 14.7 Å². The molecule has 3 rings (SSSR count). The molecular formula is C16H16N4O2S. The number of rotatable bonds is 5. The Balaban J connectivity index is 1.88. The second-order valence-electron chi connectivity index (χ2n) is 4.89. The van der Waals surface area contributed by atoms with Gasteiger partial charge in [-0.05, 0) is 24.3 Å². The van der Waals surface area contributed by atoms with Crippen LogP contribution in [0.5, 0.6) is 0 Å². The Kier molecular flexibility index (Phi) is 4.22. The summed E-state index contributed by atoms with van der Waals surface area (Å²) in [4.78, 5) is 8.99. The van der Waals surface area contributed by atoms with Crippen LogP contribution in [0.3, 0.4) is 0 Å². The predicted molar refractivity (Wildman–Crippen MR) is 89.6 cm³/mol. The first kappa shape index (κ1) is 15.4. The van der Waals surface area contributed by atoms with E-state index in [1.807, 2.05) is 24.3 Å². The lowest BCUT2D eigenvalue weighted by Crippen LogP contribution is -2.24. The van der Waals surface area contributed by atoms with Crippen LogP contribution in [0.4, 0.5) is 5.82 Å². The van der Waals surface area contributed by atoms with Gasteiger partial charge in [0.05, 0.1) is 17.0 Å². The van der Waals surface area contributed by atoms with E-state index in [1.165, 1.54) is 0 Å². The molecule has 23 heavy (non-hydrogen) atoms. The minimum Gasteiger partial charge on any atom is -0.373 e. The molecule has 0 atom stereocenters. The first-order valence-corrected chi connectivity index (χ1v) is 8.56. The second-order valence-corrected chi connectivity index (χ2v) is 6.66. The van der Waals surface area contributed by atoms with Gasteiger partial charge in [0.25, 0.3) is 0 Å². The van der Waals surface area contributed by atoms with Crippen LogP contribution in [0, 0.1) is 0 Å². The first-order valence-electron chi connectivity index (χ1n) is 7.08. The van der Waals surface area contributed by atoms with Crippen molar-refractivity contribution >= 4 is 26.7 Å². The zero-order valence-corrected chi connectivity index (χ0v) is 13.3. The van der Waals surface area contributed by atoms with Crippen LogP contribution >= 0.6 is 0 Å². The summed E-state index contributed by atoms with van der Waals surface area (Å²) in [5, 5.41) is 3.90. The number of benzene rings is 2. The third kappa shape index (κ3) is 3.30. The molecule has 0 aliphatic rings. The molecule has 0 aliphatic carbocycles. The zero-order valence-electron chi connectivity index (χ0n) is 12.5. The zero-order chi connectivity index (χ0) is 16.3. The highest BCUT2D eigenvalue weighted by Crippen LogP contribution is 2.19. The molecule has 0 saturated heterocycles. The van der Waals surface area contributed by atoms with Crippen molar-refractivity contribution in [3.63, 3.8) is 0 Å². The number of aromatic nitrogens is 2. The van der Waals surface area contributed by atoms with Crippen molar-refractivity contribution in [1.29, 1.82) is 0 Å². The Hall–Kier alpha value is -2.51. The topological polar surface area (TPSA) is 84.0 Å². The maximum absolute atomic E-state index is 12.2. The highest BCUT2D eigenvalue weighted by molar-refractivity contribution is 7.89. The van der Waals surface area contributed by atoms with Gasteiger partial charge in [-0.1, -0.05) is 30.3 Å². The molecule has 6 nitrogen and oxygen atoms in total. The van der Waals surface area contributed by atoms with Crippen LogP contribution in [0.1, 0.15) is 5.82 Å². The van der Waals surface area contributed by atoms with Gasteiger partial charge in [0.15, 0.2) is 0 Å². The molecule has 118 valence electrons. The van der Waals surface area contributed by atoms with Crippen LogP contribution in [0.15, 0.2) is 59.5 Å². The standard InChI is InChI=1S/C16H16N4O2S/c1-17-16-13-9-5-6-10-14(13)19-15(20-16)11-18-23(21,22)12-7-3-2-4-8-12/h2-10,18H,11H2,1H3,(H,17,19,20). The second kappa shape index (κ2) is 6.31. The molecule has 0 amide bonds. The number of sulfonamides is 1. The average molecular weight is 328 g/mol. The molecule has 1 aromatic heterocycles. The Morgan fingerprint density at radius 2 is 1.65 bits per heavy atom. The number of hydrogen-bond acceptors (Lipinski definition) is 5.